The Balaban J connectivity index is 2.28. The number of nitrogens with zero attached hydrogens (tertiary/aromatic N) is 1. The number of aromatic nitrogens is 1. The number of halogens is 2. The fourth-order valence-corrected chi connectivity index (χ4v) is 2.42. The molecule has 2 rings (SSSR count). The van der Waals surface area contributed by atoms with Gasteiger partial charge in [-0.15, -0.1) is 0 Å². The quantitative estimate of drug-likeness (QED) is 0.920. The Bertz CT molecular complexity index is 572. The van der Waals surface area contributed by atoms with Gasteiger partial charge in [0.2, 0.25) is 0 Å². The van der Waals surface area contributed by atoms with Crippen LogP contribution in [0.15, 0.2) is 28.2 Å². The summed E-state index contributed by atoms with van der Waals surface area (Å²) in [6, 6.07) is 4.42. The lowest BCUT2D eigenvalue weighted by Crippen LogP contribution is -1.97. The monoisotopic (exact) mass is 333 g/mol. The molecule has 1 N–H and O–H groups in total. The first-order chi connectivity index (χ1) is 8.06. The highest BCUT2D eigenvalue weighted by Gasteiger charge is 2.11. The van der Waals surface area contributed by atoms with Crippen molar-refractivity contribution in [2.75, 3.05) is 0 Å². The maximum Gasteiger partial charge on any atom is 0.337 e. The van der Waals surface area contributed by atoms with E-state index in [1.165, 1.54) is 23.5 Å². The number of rotatable bonds is 3. The van der Waals surface area contributed by atoms with E-state index >= 15 is 0 Å². The van der Waals surface area contributed by atoms with E-state index in [9.17, 15) is 4.79 Å². The SMILES string of the molecule is O=C(O)c1cc(Oc2nc(Br)cs2)ccc1Cl. The van der Waals surface area contributed by atoms with Crippen LogP contribution in [0.4, 0.5) is 0 Å². The molecule has 7 heteroatoms. The average molecular weight is 335 g/mol. The van der Waals surface area contributed by atoms with Gasteiger partial charge in [-0.25, -0.2) is 4.79 Å². The highest BCUT2D eigenvalue weighted by Crippen LogP contribution is 2.29. The van der Waals surface area contributed by atoms with E-state index in [0.29, 0.717) is 15.5 Å². The number of benzene rings is 1. The van der Waals surface area contributed by atoms with Gasteiger partial charge in [0.05, 0.1) is 10.6 Å². The van der Waals surface area contributed by atoms with Gasteiger partial charge in [-0.05, 0) is 34.1 Å². The molecule has 1 heterocycles. The maximum absolute atomic E-state index is 10.9. The zero-order valence-corrected chi connectivity index (χ0v) is 11.3. The summed E-state index contributed by atoms with van der Waals surface area (Å²) in [5.41, 5.74) is -0.000196. The molecule has 0 atom stereocenters. The zero-order valence-electron chi connectivity index (χ0n) is 8.18. The summed E-state index contributed by atoms with van der Waals surface area (Å²) in [5.74, 6) is -0.714. The third-order valence-corrected chi connectivity index (χ3v) is 3.58. The highest BCUT2D eigenvalue weighted by atomic mass is 79.9. The first-order valence-corrected chi connectivity index (χ1v) is 6.43. The van der Waals surface area contributed by atoms with Gasteiger partial charge in [0.1, 0.15) is 10.4 Å². The van der Waals surface area contributed by atoms with Crippen LogP contribution < -0.4 is 4.74 Å². The normalized spacial score (nSPS) is 10.2. The van der Waals surface area contributed by atoms with E-state index in [1.807, 2.05) is 0 Å². The van der Waals surface area contributed by atoms with Crippen LogP contribution in [-0.4, -0.2) is 16.1 Å². The average Bonchev–Trinajstić information content (AvgIpc) is 2.66. The van der Waals surface area contributed by atoms with Crippen molar-refractivity contribution in [1.29, 1.82) is 0 Å². The molecule has 0 radical (unpaired) electrons. The summed E-state index contributed by atoms with van der Waals surface area (Å²) in [5, 5.41) is 11.3. The van der Waals surface area contributed by atoms with Gasteiger partial charge < -0.3 is 9.84 Å². The summed E-state index contributed by atoms with van der Waals surface area (Å²) < 4.78 is 6.07. The van der Waals surface area contributed by atoms with Crippen LogP contribution >= 0.6 is 38.9 Å². The van der Waals surface area contributed by atoms with Gasteiger partial charge in [0, 0.05) is 5.38 Å². The van der Waals surface area contributed by atoms with E-state index in [1.54, 1.807) is 11.4 Å². The molecule has 0 saturated carbocycles. The van der Waals surface area contributed by atoms with Gasteiger partial charge in [0.15, 0.2) is 0 Å². The molecule has 0 fully saturated rings. The van der Waals surface area contributed by atoms with Crippen molar-refractivity contribution in [1.82, 2.24) is 4.98 Å². The summed E-state index contributed by atoms with van der Waals surface area (Å²) >= 11 is 10.2. The molecule has 0 unspecified atom stereocenters. The van der Waals surface area contributed by atoms with Gasteiger partial charge in [-0.1, -0.05) is 22.9 Å². The molecule has 0 spiro atoms. The van der Waals surface area contributed by atoms with Crippen LogP contribution in [0.1, 0.15) is 10.4 Å². The van der Waals surface area contributed by atoms with Crippen molar-refractivity contribution in [3.05, 3.63) is 38.8 Å². The number of thiazole rings is 1. The van der Waals surface area contributed by atoms with E-state index in [-0.39, 0.29) is 10.6 Å². The number of carbonyl (C=O) groups is 1. The molecule has 1 aromatic heterocycles. The Morgan fingerprint density at radius 3 is 2.88 bits per heavy atom. The Morgan fingerprint density at radius 1 is 1.53 bits per heavy atom. The Hall–Kier alpha value is -1.11. The number of carboxylic acids is 1. The summed E-state index contributed by atoms with van der Waals surface area (Å²) in [6.07, 6.45) is 0. The van der Waals surface area contributed by atoms with Crippen LogP contribution in [0.2, 0.25) is 5.02 Å². The van der Waals surface area contributed by atoms with Crippen LogP contribution in [0, 0.1) is 0 Å². The molecule has 0 bridgehead atoms. The predicted octanol–water partition coefficient (Wildman–Crippen LogP) is 4.05. The largest absolute Gasteiger partial charge is 0.478 e. The first-order valence-electron chi connectivity index (χ1n) is 4.38. The number of carboxylic acid groups (broad SMARTS) is 1. The van der Waals surface area contributed by atoms with Crippen LogP contribution in [0.25, 0.3) is 0 Å². The lowest BCUT2D eigenvalue weighted by molar-refractivity contribution is 0.0696. The second kappa shape index (κ2) is 5.03. The molecule has 4 nitrogen and oxygen atoms in total. The molecular weight excluding hydrogens is 330 g/mol. The summed E-state index contributed by atoms with van der Waals surface area (Å²) in [6.45, 7) is 0. The standard InChI is InChI=1S/C10H5BrClNO3S/c11-8-4-17-10(13-8)16-5-1-2-7(12)6(3-5)9(14)15/h1-4H,(H,14,15). The molecule has 0 saturated heterocycles. The third kappa shape index (κ3) is 2.96. The second-order valence-corrected chi connectivity index (χ2v) is 5.03. The van der Waals surface area contributed by atoms with Crippen molar-refractivity contribution in [3.8, 4) is 10.9 Å². The number of ether oxygens (including phenoxy) is 1. The van der Waals surface area contributed by atoms with Gasteiger partial charge in [-0.3, -0.25) is 0 Å². The summed E-state index contributed by atoms with van der Waals surface area (Å²) in [7, 11) is 0. The fourth-order valence-electron chi connectivity index (χ4n) is 1.12. The first kappa shape index (κ1) is 12.3. The van der Waals surface area contributed by atoms with E-state index < -0.39 is 5.97 Å². The minimum absolute atomic E-state index is 0.000196. The third-order valence-electron chi connectivity index (χ3n) is 1.83. The molecule has 0 aliphatic rings. The molecule has 1 aromatic carbocycles. The molecule has 88 valence electrons. The minimum atomic E-state index is -1.10. The molecule has 2 aromatic rings. The van der Waals surface area contributed by atoms with Crippen LogP contribution in [0.5, 0.6) is 10.9 Å². The number of hydrogen-bond acceptors (Lipinski definition) is 4. The van der Waals surface area contributed by atoms with Crippen LogP contribution in [-0.2, 0) is 0 Å². The molecule has 0 aliphatic heterocycles. The highest BCUT2D eigenvalue weighted by molar-refractivity contribution is 9.10. The van der Waals surface area contributed by atoms with Crippen LogP contribution in [0.3, 0.4) is 0 Å². The lowest BCUT2D eigenvalue weighted by atomic mass is 10.2. The lowest BCUT2D eigenvalue weighted by Gasteiger charge is -2.04. The second-order valence-electron chi connectivity index (χ2n) is 2.99. The van der Waals surface area contributed by atoms with Gasteiger partial charge in [-0.2, -0.15) is 4.98 Å². The number of hydrogen-bond donors (Lipinski definition) is 1. The van der Waals surface area contributed by atoms with E-state index in [2.05, 4.69) is 20.9 Å². The molecule has 0 amide bonds. The van der Waals surface area contributed by atoms with Crippen molar-refractivity contribution >= 4 is 44.8 Å². The molecular formula is C10H5BrClNO3S. The van der Waals surface area contributed by atoms with Crippen molar-refractivity contribution in [2.24, 2.45) is 0 Å². The smallest absolute Gasteiger partial charge is 0.337 e. The Kier molecular flexibility index (Phi) is 3.66. The van der Waals surface area contributed by atoms with E-state index in [4.69, 9.17) is 21.4 Å². The van der Waals surface area contributed by atoms with Gasteiger partial charge >= 0.3 is 5.97 Å². The van der Waals surface area contributed by atoms with Crippen molar-refractivity contribution < 1.29 is 14.6 Å². The predicted molar refractivity (Wildman–Crippen MR) is 68.3 cm³/mol. The Morgan fingerprint density at radius 2 is 2.29 bits per heavy atom. The van der Waals surface area contributed by atoms with Gasteiger partial charge in [0.25, 0.3) is 5.19 Å². The van der Waals surface area contributed by atoms with E-state index in [0.717, 1.165) is 0 Å². The molecule has 0 aliphatic carbocycles. The topological polar surface area (TPSA) is 59.4 Å². The summed E-state index contributed by atoms with van der Waals surface area (Å²) in [4.78, 5) is 14.9. The van der Waals surface area contributed by atoms with Crippen molar-refractivity contribution in [3.63, 3.8) is 0 Å². The fraction of sp³-hybridized carbons (Fsp3) is 0. The zero-order chi connectivity index (χ0) is 12.4. The molecule has 17 heavy (non-hydrogen) atoms. The van der Waals surface area contributed by atoms with Crippen molar-refractivity contribution in [2.45, 2.75) is 0 Å². The Labute approximate surface area is 114 Å². The maximum atomic E-state index is 10.9. The minimum Gasteiger partial charge on any atom is -0.478 e. The number of aromatic carboxylic acids is 1.